The Labute approximate surface area is 157 Å². The summed E-state index contributed by atoms with van der Waals surface area (Å²) in [7, 11) is 0. The van der Waals surface area contributed by atoms with Gasteiger partial charge in [0, 0.05) is 45.9 Å². The van der Waals surface area contributed by atoms with Gasteiger partial charge in [0.1, 0.15) is 0 Å². The highest BCUT2D eigenvalue weighted by Gasteiger charge is 2.32. The molecule has 3 rings (SSSR count). The van der Waals surface area contributed by atoms with Crippen molar-refractivity contribution in [2.45, 2.75) is 31.6 Å². The van der Waals surface area contributed by atoms with Crippen LogP contribution in [0.5, 0.6) is 0 Å². The molecule has 2 N–H and O–H groups in total. The number of hydrogen-bond acceptors (Lipinski definition) is 4. The third kappa shape index (κ3) is 5.21. The number of alkyl halides is 3. The zero-order valence-corrected chi connectivity index (χ0v) is 15.3. The fourth-order valence-corrected chi connectivity index (χ4v) is 3.72. The predicted octanol–water partition coefficient (Wildman–Crippen LogP) is 2.10. The second-order valence-electron chi connectivity index (χ2n) is 7.28. The van der Waals surface area contributed by atoms with Crippen molar-refractivity contribution >= 4 is 5.91 Å². The molecule has 0 aliphatic carbocycles. The number of rotatable bonds is 4. The molecule has 2 aliphatic rings. The predicted molar refractivity (Wildman–Crippen MR) is 94.8 cm³/mol. The Morgan fingerprint density at radius 3 is 2.48 bits per heavy atom. The molecular formula is C19H26F3N3O2. The lowest BCUT2D eigenvalue weighted by atomic mass is 9.91. The maximum atomic E-state index is 12.8. The average Bonchev–Trinajstić information content (AvgIpc) is 2.68. The molecule has 0 bridgehead atoms. The van der Waals surface area contributed by atoms with Crippen molar-refractivity contribution < 1.29 is 22.7 Å². The fraction of sp³-hybridized carbons (Fsp3) is 0.632. The van der Waals surface area contributed by atoms with Gasteiger partial charge in [0.25, 0.3) is 0 Å². The van der Waals surface area contributed by atoms with E-state index in [2.05, 4.69) is 4.90 Å². The minimum absolute atomic E-state index is 0.0272. The van der Waals surface area contributed by atoms with E-state index in [1.54, 1.807) is 11.0 Å². The van der Waals surface area contributed by atoms with Crippen LogP contribution in [0.1, 0.15) is 24.0 Å². The quantitative estimate of drug-likeness (QED) is 0.863. The third-order valence-electron chi connectivity index (χ3n) is 5.40. The van der Waals surface area contributed by atoms with E-state index in [1.165, 1.54) is 12.1 Å². The summed E-state index contributed by atoms with van der Waals surface area (Å²) in [5.74, 6) is 0.134. The van der Waals surface area contributed by atoms with Crippen LogP contribution in [0.4, 0.5) is 13.2 Å². The van der Waals surface area contributed by atoms with Crippen molar-refractivity contribution in [3.63, 3.8) is 0 Å². The Kier molecular flexibility index (Phi) is 6.39. The summed E-state index contributed by atoms with van der Waals surface area (Å²) in [4.78, 5) is 16.5. The molecular weight excluding hydrogens is 359 g/mol. The van der Waals surface area contributed by atoms with Gasteiger partial charge in [0.2, 0.25) is 5.91 Å². The van der Waals surface area contributed by atoms with Crippen LogP contribution in [0.3, 0.4) is 0 Å². The molecule has 1 unspecified atom stereocenters. The zero-order chi connectivity index (χ0) is 19.4. The Bertz CT molecular complexity index is 639. The molecule has 1 atom stereocenters. The number of benzene rings is 1. The van der Waals surface area contributed by atoms with Gasteiger partial charge < -0.3 is 15.4 Å². The van der Waals surface area contributed by atoms with Crippen LogP contribution in [-0.4, -0.2) is 61.1 Å². The monoisotopic (exact) mass is 385 g/mol. The van der Waals surface area contributed by atoms with Gasteiger partial charge in [-0.05, 0) is 30.4 Å². The molecule has 2 aliphatic heterocycles. The van der Waals surface area contributed by atoms with Crippen LogP contribution < -0.4 is 5.73 Å². The molecule has 0 aromatic heterocycles. The smallest absolute Gasteiger partial charge is 0.381 e. The minimum Gasteiger partial charge on any atom is -0.381 e. The lowest BCUT2D eigenvalue weighted by Crippen LogP contribution is -2.55. The number of carbonyl (C=O) groups is 1. The summed E-state index contributed by atoms with van der Waals surface area (Å²) in [6.45, 7) is 4.10. The SMILES string of the molecule is NC(C(=O)N1CCN(Cc2cccc(C(F)(F)F)c2)CC1)C1CCOCC1. The number of ether oxygens (including phenoxy) is 1. The molecule has 1 aromatic rings. The van der Waals surface area contributed by atoms with Crippen LogP contribution in [-0.2, 0) is 22.3 Å². The largest absolute Gasteiger partial charge is 0.416 e. The molecule has 150 valence electrons. The summed E-state index contributed by atoms with van der Waals surface area (Å²) in [6, 6.07) is 4.92. The average molecular weight is 385 g/mol. The molecule has 0 radical (unpaired) electrons. The first kappa shape index (κ1) is 20.1. The molecule has 0 spiro atoms. The lowest BCUT2D eigenvalue weighted by Gasteiger charge is -2.37. The number of carbonyl (C=O) groups excluding carboxylic acids is 1. The van der Waals surface area contributed by atoms with E-state index in [9.17, 15) is 18.0 Å². The van der Waals surface area contributed by atoms with Crippen LogP contribution in [0, 0.1) is 5.92 Å². The maximum absolute atomic E-state index is 12.8. The lowest BCUT2D eigenvalue weighted by molar-refractivity contribution is -0.138. The number of nitrogens with zero attached hydrogens (tertiary/aromatic N) is 2. The normalized spacial score (nSPS) is 21.3. The Morgan fingerprint density at radius 2 is 1.85 bits per heavy atom. The van der Waals surface area contributed by atoms with Crippen molar-refractivity contribution in [3.05, 3.63) is 35.4 Å². The maximum Gasteiger partial charge on any atom is 0.416 e. The van der Waals surface area contributed by atoms with E-state index >= 15 is 0 Å². The van der Waals surface area contributed by atoms with Gasteiger partial charge in [-0.15, -0.1) is 0 Å². The second-order valence-corrected chi connectivity index (χ2v) is 7.28. The minimum atomic E-state index is -4.33. The van der Waals surface area contributed by atoms with Gasteiger partial charge in [-0.1, -0.05) is 18.2 Å². The number of amides is 1. The topological polar surface area (TPSA) is 58.8 Å². The van der Waals surface area contributed by atoms with Crippen molar-refractivity contribution in [3.8, 4) is 0 Å². The first-order valence-electron chi connectivity index (χ1n) is 9.35. The van der Waals surface area contributed by atoms with E-state index in [0.717, 1.165) is 18.9 Å². The third-order valence-corrected chi connectivity index (χ3v) is 5.40. The van der Waals surface area contributed by atoms with E-state index in [-0.39, 0.29) is 11.8 Å². The summed E-state index contributed by atoms with van der Waals surface area (Å²) >= 11 is 0. The van der Waals surface area contributed by atoms with Crippen molar-refractivity contribution in [1.29, 1.82) is 0 Å². The highest BCUT2D eigenvalue weighted by atomic mass is 19.4. The number of hydrogen-bond donors (Lipinski definition) is 1. The van der Waals surface area contributed by atoms with Crippen LogP contribution >= 0.6 is 0 Å². The first-order valence-corrected chi connectivity index (χ1v) is 9.35. The van der Waals surface area contributed by atoms with E-state index in [4.69, 9.17) is 10.5 Å². The van der Waals surface area contributed by atoms with E-state index in [1.807, 2.05) is 0 Å². The molecule has 2 heterocycles. The van der Waals surface area contributed by atoms with Gasteiger partial charge in [-0.25, -0.2) is 0 Å². The van der Waals surface area contributed by atoms with E-state index in [0.29, 0.717) is 51.5 Å². The highest BCUT2D eigenvalue weighted by Crippen LogP contribution is 2.29. The molecule has 8 heteroatoms. The van der Waals surface area contributed by atoms with Crippen LogP contribution in [0.2, 0.25) is 0 Å². The van der Waals surface area contributed by atoms with Crippen molar-refractivity contribution in [1.82, 2.24) is 9.80 Å². The van der Waals surface area contributed by atoms with Crippen molar-refractivity contribution in [2.75, 3.05) is 39.4 Å². The Morgan fingerprint density at radius 1 is 1.19 bits per heavy atom. The molecule has 27 heavy (non-hydrogen) atoms. The molecule has 1 amide bonds. The molecule has 0 saturated carbocycles. The summed E-state index contributed by atoms with van der Waals surface area (Å²) in [6.07, 6.45) is -2.72. The Balaban J connectivity index is 1.51. The summed E-state index contributed by atoms with van der Waals surface area (Å²) in [5, 5.41) is 0. The number of halogens is 3. The summed E-state index contributed by atoms with van der Waals surface area (Å²) < 4.78 is 43.8. The highest BCUT2D eigenvalue weighted by molar-refractivity contribution is 5.82. The van der Waals surface area contributed by atoms with Gasteiger partial charge >= 0.3 is 6.18 Å². The first-order chi connectivity index (χ1) is 12.8. The van der Waals surface area contributed by atoms with Gasteiger partial charge in [-0.3, -0.25) is 9.69 Å². The zero-order valence-electron chi connectivity index (χ0n) is 15.3. The van der Waals surface area contributed by atoms with Gasteiger partial charge in [-0.2, -0.15) is 13.2 Å². The second kappa shape index (κ2) is 8.58. The molecule has 1 aromatic carbocycles. The van der Waals surface area contributed by atoms with Crippen molar-refractivity contribution in [2.24, 2.45) is 11.7 Å². The molecule has 5 nitrogen and oxygen atoms in total. The summed E-state index contributed by atoms with van der Waals surface area (Å²) in [5.41, 5.74) is 6.17. The number of nitrogens with two attached hydrogens (primary N) is 1. The standard InChI is InChI=1S/C19H26F3N3O2/c20-19(21,22)16-3-1-2-14(12-16)13-24-6-8-25(9-7-24)18(26)17(23)15-4-10-27-11-5-15/h1-3,12,15,17H,4-11,13,23H2. The Hall–Kier alpha value is -1.64. The van der Waals surface area contributed by atoms with E-state index < -0.39 is 17.8 Å². The molecule has 2 saturated heterocycles. The number of piperazine rings is 1. The van der Waals surface area contributed by atoms with Gasteiger partial charge in [0.15, 0.2) is 0 Å². The van der Waals surface area contributed by atoms with Crippen LogP contribution in [0.25, 0.3) is 0 Å². The van der Waals surface area contributed by atoms with Crippen LogP contribution in [0.15, 0.2) is 24.3 Å². The molecule has 2 fully saturated rings. The van der Waals surface area contributed by atoms with Gasteiger partial charge in [0.05, 0.1) is 11.6 Å². The fourth-order valence-electron chi connectivity index (χ4n) is 3.72.